The van der Waals surface area contributed by atoms with Gasteiger partial charge in [-0.15, -0.1) is 11.3 Å². The standard InChI is InChI=1S/C30H38N6O6S/c1-17(2)26(24-14-25(34-42-24)41-30(40)35-11-9-31-10-12-35)29(39)36-15-22(37)13-23(36)28(38)33-18(3)20-5-7-21(8-6-20)27-19(4)32-16-43-27/h5-8,14,16-18,22-23,26,31,37H,9-13,15H2,1-4H3,(H,33,38)/t18-,22+,23-,26-/m0/s1. The summed E-state index contributed by atoms with van der Waals surface area (Å²) in [5, 5.41) is 20.6. The number of piperazine rings is 1. The summed E-state index contributed by atoms with van der Waals surface area (Å²) in [7, 11) is 0. The van der Waals surface area contributed by atoms with E-state index in [-0.39, 0.29) is 48.4 Å². The van der Waals surface area contributed by atoms with Crippen LogP contribution in [0.4, 0.5) is 4.79 Å². The Labute approximate surface area is 254 Å². The van der Waals surface area contributed by atoms with E-state index in [1.807, 2.05) is 57.5 Å². The van der Waals surface area contributed by atoms with Crippen molar-refractivity contribution in [2.75, 3.05) is 32.7 Å². The highest BCUT2D eigenvalue weighted by Crippen LogP contribution is 2.33. The van der Waals surface area contributed by atoms with Gasteiger partial charge in [-0.05, 0) is 36.0 Å². The maximum Gasteiger partial charge on any atom is 0.416 e. The van der Waals surface area contributed by atoms with E-state index in [1.54, 1.807) is 16.2 Å². The van der Waals surface area contributed by atoms with E-state index in [2.05, 4.69) is 20.8 Å². The van der Waals surface area contributed by atoms with Crippen LogP contribution in [-0.2, 0) is 9.59 Å². The van der Waals surface area contributed by atoms with Crippen molar-refractivity contribution in [2.24, 2.45) is 5.92 Å². The number of nitrogens with one attached hydrogen (secondary N) is 2. The molecule has 2 fully saturated rings. The molecule has 0 unspecified atom stereocenters. The smallest absolute Gasteiger partial charge is 0.391 e. The third kappa shape index (κ3) is 6.89. The summed E-state index contributed by atoms with van der Waals surface area (Å²) in [6.45, 7) is 10.0. The third-order valence-electron chi connectivity index (χ3n) is 7.95. The van der Waals surface area contributed by atoms with Crippen molar-refractivity contribution in [3.8, 4) is 16.3 Å². The van der Waals surface area contributed by atoms with E-state index in [9.17, 15) is 19.5 Å². The van der Waals surface area contributed by atoms with Gasteiger partial charge < -0.3 is 34.8 Å². The minimum absolute atomic E-state index is 0.0242. The lowest BCUT2D eigenvalue weighted by Gasteiger charge is -2.29. The number of rotatable bonds is 8. The van der Waals surface area contributed by atoms with E-state index < -0.39 is 24.2 Å². The van der Waals surface area contributed by atoms with Crippen molar-refractivity contribution in [1.82, 2.24) is 30.6 Å². The van der Waals surface area contributed by atoms with E-state index >= 15 is 0 Å². The number of aryl methyl sites for hydroxylation is 1. The number of aliphatic hydroxyl groups excluding tert-OH is 1. The molecule has 4 heterocycles. The molecule has 0 saturated carbocycles. The average molecular weight is 611 g/mol. The molecule has 3 aromatic rings. The molecule has 230 valence electrons. The molecule has 5 rings (SSSR count). The Bertz CT molecular complexity index is 1430. The van der Waals surface area contributed by atoms with Gasteiger partial charge in [-0.3, -0.25) is 9.59 Å². The number of aliphatic hydroxyl groups is 1. The number of nitrogens with zero attached hydrogens (tertiary/aromatic N) is 4. The second-order valence-corrected chi connectivity index (χ2v) is 12.3. The predicted molar refractivity (Wildman–Crippen MR) is 160 cm³/mol. The van der Waals surface area contributed by atoms with Crippen LogP contribution in [0, 0.1) is 12.8 Å². The number of thiazole rings is 1. The molecule has 4 atom stereocenters. The van der Waals surface area contributed by atoms with Crippen LogP contribution >= 0.6 is 11.3 Å². The number of benzene rings is 1. The van der Waals surface area contributed by atoms with Crippen molar-refractivity contribution >= 4 is 29.2 Å². The summed E-state index contributed by atoms with van der Waals surface area (Å²) in [4.78, 5) is 48.2. The number of ether oxygens (including phenoxy) is 1. The first kappa shape index (κ1) is 30.6. The van der Waals surface area contributed by atoms with Crippen LogP contribution in [0.25, 0.3) is 10.4 Å². The molecule has 3 N–H and O–H groups in total. The van der Waals surface area contributed by atoms with Gasteiger partial charge in [0, 0.05) is 45.2 Å². The fraction of sp³-hybridized carbons (Fsp3) is 0.500. The summed E-state index contributed by atoms with van der Waals surface area (Å²) in [6.07, 6.45) is -1.24. The van der Waals surface area contributed by atoms with Gasteiger partial charge in [-0.25, -0.2) is 9.78 Å². The highest BCUT2D eigenvalue weighted by molar-refractivity contribution is 7.13. The summed E-state index contributed by atoms with van der Waals surface area (Å²) >= 11 is 1.58. The Kier molecular flexibility index (Phi) is 9.43. The predicted octanol–water partition coefficient (Wildman–Crippen LogP) is 3.09. The molecular formula is C30H38N6O6S. The van der Waals surface area contributed by atoms with Crippen LogP contribution in [0.3, 0.4) is 0 Å². The van der Waals surface area contributed by atoms with Gasteiger partial charge in [0.25, 0.3) is 5.88 Å². The topological polar surface area (TPSA) is 150 Å². The van der Waals surface area contributed by atoms with Gasteiger partial charge in [0.05, 0.1) is 28.2 Å². The molecule has 12 nitrogen and oxygen atoms in total. The fourth-order valence-corrected chi connectivity index (χ4v) is 6.39. The first-order chi connectivity index (χ1) is 20.6. The molecule has 1 aromatic carbocycles. The van der Waals surface area contributed by atoms with Gasteiger partial charge in [-0.1, -0.05) is 38.1 Å². The van der Waals surface area contributed by atoms with E-state index in [4.69, 9.17) is 9.26 Å². The molecule has 0 aliphatic carbocycles. The normalized spacial score (nSPS) is 20.2. The van der Waals surface area contributed by atoms with Crippen LogP contribution in [0.1, 0.15) is 56.2 Å². The summed E-state index contributed by atoms with van der Waals surface area (Å²) in [6, 6.07) is 8.24. The van der Waals surface area contributed by atoms with Crippen LogP contribution in [0.5, 0.6) is 5.88 Å². The third-order valence-corrected chi connectivity index (χ3v) is 8.93. The number of likely N-dealkylation sites (tertiary alicyclic amines) is 1. The molecule has 0 radical (unpaired) electrons. The van der Waals surface area contributed by atoms with Crippen LogP contribution in [-0.4, -0.2) is 87.8 Å². The fourth-order valence-electron chi connectivity index (χ4n) is 5.58. The highest BCUT2D eigenvalue weighted by Gasteiger charge is 2.43. The molecule has 2 aliphatic rings. The lowest BCUT2D eigenvalue weighted by atomic mass is 9.91. The van der Waals surface area contributed by atoms with Crippen molar-refractivity contribution in [1.29, 1.82) is 0 Å². The Morgan fingerprint density at radius 3 is 2.53 bits per heavy atom. The van der Waals surface area contributed by atoms with Crippen molar-refractivity contribution in [3.05, 3.63) is 52.9 Å². The monoisotopic (exact) mass is 610 g/mol. The lowest BCUT2D eigenvalue weighted by molar-refractivity contribution is -0.141. The number of carbonyl (C=O) groups is 3. The van der Waals surface area contributed by atoms with E-state index in [1.165, 1.54) is 11.0 Å². The van der Waals surface area contributed by atoms with Crippen molar-refractivity contribution < 1.29 is 28.8 Å². The Hall–Kier alpha value is -3.81. The van der Waals surface area contributed by atoms with Gasteiger partial charge in [-0.2, -0.15) is 0 Å². The first-order valence-corrected chi connectivity index (χ1v) is 15.4. The molecule has 43 heavy (non-hydrogen) atoms. The zero-order valence-electron chi connectivity index (χ0n) is 24.8. The second-order valence-electron chi connectivity index (χ2n) is 11.4. The summed E-state index contributed by atoms with van der Waals surface area (Å²) < 4.78 is 10.9. The van der Waals surface area contributed by atoms with Crippen molar-refractivity contribution in [2.45, 2.75) is 58.2 Å². The largest absolute Gasteiger partial charge is 0.416 e. The Morgan fingerprint density at radius 1 is 1.16 bits per heavy atom. The maximum absolute atomic E-state index is 13.9. The molecule has 0 spiro atoms. The number of β-amino-alcohol motifs (C(OH)–C–C–N with tert-alkyl or cyclic N) is 1. The van der Waals surface area contributed by atoms with E-state index in [0.29, 0.717) is 26.2 Å². The number of aromatic nitrogens is 2. The summed E-state index contributed by atoms with van der Waals surface area (Å²) in [5.74, 6) is -1.52. The number of amides is 3. The Balaban J connectivity index is 1.25. The SMILES string of the molecule is Cc1ncsc1-c1ccc([C@H](C)NC(=O)[C@@H]2C[C@@H](O)CN2C(=O)[C@H](c2cc(OC(=O)N3CCNCC3)no2)C(C)C)cc1. The molecular weight excluding hydrogens is 572 g/mol. The van der Waals surface area contributed by atoms with Gasteiger partial charge >= 0.3 is 6.09 Å². The molecule has 2 aliphatic heterocycles. The van der Waals surface area contributed by atoms with E-state index in [0.717, 1.165) is 21.7 Å². The number of hydrogen-bond donors (Lipinski definition) is 3. The number of carbonyl (C=O) groups excluding carboxylic acids is 3. The maximum atomic E-state index is 13.9. The Morgan fingerprint density at radius 2 is 1.88 bits per heavy atom. The van der Waals surface area contributed by atoms with Gasteiger partial charge in [0.2, 0.25) is 11.8 Å². The molecule has 2 aromatic heterocycles. The van der Waals surface area contributed by atoms with Crippen molar-refractivity contribution in [3.63, 3.8) is 0 Å². The molecule has 2 saturated heterocycles. The van der Waals surface area contributed by atoms with Crippen LogP contribution < -0.4 is 15.4 Å². The van der Waals surface area contributed by atoms with Gasteiger partial charge in [0.1, 0.15) is 12.0 Å². The zero-order chi connectivity index (χ0) is 30.7. The molecule has 13 heteroatoms. The van der Waals surface area contributed by atoms with Gasteiger partial charge in [0.15, 0.2) is 5.76 Å². The van der Waals surface area contributed by atoms with Crippen LogP contribution in [0.15, 0.2) is 40.4 Å². The summed E-state index contributed by atoms with van der Waals surface area (Å²) in [5.41, 5.74) is 4.77. The molecule has 0 bridgehead atoms. The minimum atomic E-state index is -0.849. The second kappa shape index (κ2) is 13.2. The quantitative estimate of drug-likeness (QED) is 0.350. The minimum Gasteiger partial charge on any atom is -0.391 e. The highest BCUT2D eigenvalue weighted by atomic mass is 32.1. The lowest BCUT2D eigenvalue weighted by Crippen LogP contribution is -2.48. The number of hydrogen-bond acceptors (Lipinski definition) is 10. The first-order valence-electron chi connectivity index (χ1n) is 14.6. The van der Waals surface area contributed by atoms with Crippen LogP contribution in [0.2, 0.25) is 0 Å². The zero-order valence-corrected chi connectivity index (χ0v) is 25.6. The molecule has 3 amide bonds. The average Bonchev–Trinajstić information content (AvgIpc) is 3.73.